The smallest absolute Gasteiger partial charge is 0.155 e. The molecule has 3 aromatic heterocycles. The van der Waals surface area contributed by atoms with Crippen LogP contribution in [0, 0.1) is 5.82 Å². The summed E-state index contributed by atoms with van der Waals surface area (Å²) in [5.41, 5.74) is 3.20. The van der Waals surface area contributed by atoms with Gasteiger partial charge in [-0.2, -0.15) is 9.61 Å². The molecule has 0 amide bonds. The number of nitrogens with zero attached hydrogens (tertiary/aromatic N) is 5. The fourth-order valence-corrected chi connectivity index (χ4v) is 3.34. The van der Waals surface area contributed by atoms with Gasteiger partial charge in [-0.05, 0) is 42.5 Å². The number of imidazole rings is 1. The first kappa shape index (κ1) is 17.6. The molecule has 0 spiro atoms. The van der Waals surface area contributed by atoms with Gasteiger partial charge in [0.25, 0.3) is 0 Å². The summed E-state index contributed by atoms with van der Waals surface area (Å²) < 4.78 is 20.4. The number of fused-ring (bicyclic) bond motifs is 1. The molecular weight excluding hydrogens is 371 g/mol. The molecule has 7 nitrogen and oxygen atoms in total. The Morgan fingerprint density at radius 2 is 1.79 bits per heavy atom. The van der Waals surface area contributed by atoms with E-state index in [1.54, 1.807) is 29.0 Å². The second kappa shape index (κ2) is 7.48. The number of ether oxygens (including phenoxy) is 1. The summed E-state index contributed by atoms with van der Waals surface area (Å²) in [6.45, 7) is 3.08. The Kier molecular flexibility index (Phi) is 4.53. The summed E-state index contributed by atoms with van der Waals surface area (Å²) in [7, 11) is 0. The zero-order valence-corrected chi connectivity index (χ0v) is 15.6. The molecule has 1 aliphatic heterocycles. The molecule has 0 atom stereocenters. The minimum Gasteiger partial charge on any atom is -0.378 e. The van der Waals surface area contributed by atoms with Crippen molar-refractivity contribution in [3.05, 3.63) is 66.7 Å². The summed E-state index contributed by atoms with van der Waals surface area (Å²) in [5, 5.41) is 8.04. The zero-order valence-electron chi connectivity index (χ0n) is 15.6. The first-order chi connectivity index (χ1) is 14.3. The number of pyridine rings is 1. The van der Waals surface area contributed by atoms with Crippen LogP contribution < -0.4 is 10.2 Å². The van der Waals surface area contributed by atoms with Crippen LogP contribution in [0.2, 0.25) is 0 Å². The van der Waals surface area contributed by atoms with Crippen molar-refractivity contribution in [2.45, 2.75) is 0 Å². The van der Waals surface area contributed by atoms with E-state index >= 15 is 0 Å². The molecule has 1 fully saturated rings. The molecule has 146 valence electrons. The van der Waals surface area contributed by atoms with Crippen LogP contribution in [-0.4, -0.2) is 45.9 Å². The van der Waals surface area contributed by atoms with Crippen LogP contribution in [0.3, 0.4) is 0 Å². The van der Waals surface area contributed by atoms with E-state index in [4.69, 9.17) is 4.74 Å². The van der Waals surface area contributed by atoms with E-state index in [9.17, 15) is 4.39 Å². The second-order valence-corrected chi connectivity index (χ2v) is 6.77. The van der Waals surface area contributed by atoms with E-state index in [-0.39, 0.29) is 5.82 Å². The van der Waals surface area contributed by atoms with E-state index in [0.29, 0.717) is 13.2 Å². The maximum Gasteiger partial charge on any atom is 0.155 e. The van der Waals surface area contributed by atoms with Crippen molar-refractivity contribution in [3.8, 4) is 11.3 Å². The van der Waals surface area contributed by atoms with E-state index < -0.39 is 0 Å². The largest absolute Gasteiger partial charge is 0.378 e. The number of morpholine rings is 1. The number of halogens is 1. The van der Waals surface area contributed by atoms with Crippen LogP contribution in [0.1, 0.15) is 0 Å². The molecule has 0 unspecified atom stereocenters. The lowest BCUT2D eigenvalue weighted by Crippen LogP contribution is -2.36. The quantitative estimate of drug-likeness (QED) is 0.575. The minimum absolute atomic E-state index is 0.270. The molecule has 1 saturated heterocycles. The lowest BCUT2D eigenvalue weighted by Gasteiger charge is -2.28. The highest BCUT2D eigenvalue weighted by Gasteiger charge is 2.13. The van der Waals surface area contributed by atoms with E-state index in [2.05, 4.69) is 25.3 Å². The predicted octanol–water partition coefficient (Wildman–Crippen LogP) is 3.51. The van der Waals surface area contributed by atoms with E-state index in [1.165, 1.54) is 12.1 Å². The van der Waals surface area contributed by atoms with Crippen molar-refractivity contribution in [3.63, 3.8) is 0 Å². The molecule has 4 aromatic rings. The zero-order chi connectivity index (χ0) is 19.6. The van der Waals surface area contributed by atoms with Crippen molar-refractivity contribution in [1.82, 2.24) is 19.6 Å². The van der Waals surface area contributed by atoms with Gasteiger partial charge in [0.1, 0.15) is 11.6 Å². The van der Waals surface area contributed by atoms with Gasteiger partial charge < -0.3 is 15.0 Å². The van der Waals surface area contributed by atoms with Crippen LogP contribution >= 0.6 is 0 Å². The van der Waals surface area contributed by atoms with Crippen molar-refractivity contribution < 1.29 is 9.13 Å². The molecule has 1 aromatic carbocycles. The lowest BCUT2D eigenvalue weighted by atomic mass is 10.1. The normalized spacial score (nSPS) is 14.3. The van der Waals surface area contributed by atoms with Crippen LogP contribution in [0.4, 0.5) is 21.7 Å². The van der Waals surface area contributed by atoms with Crippen molar-refractivity contribution in [1.29, 1.82) is 0 Å². The van der Waals surface area contributed by atoms with E-state index in [0.717, 1.165) is 47.3 Å². The van der Waals surface area contributed by atoms with Crippen LogP contribution in [0.5, 0.6) is 0 Å². The number of nitrogens with one attached hydrogen (secondary N) is 1. The molecule has 5 rings (SSSR count). The van der Waals surface area contributed by atoms with Gasteiger partial charge in [-0.3, -0.25) is 0 Å². The average molecular weight is 390 g/mol. The van der Waals surface area contributed by atoms with Gasteiger partial charge in [0.15, 0.2) is 11.5 Å². The molecule has 29 heavy (non-hydrogen) atoms. The maximum absolute atomic E-state index is 13.2. The monoisotopic (exact) mass is 390 g/mol. The molecule has 1 aliphatic rings. The first-order valence-corrected chi connectivity index (χ1v) is 9.43. The number of aromatic nitrogens is 4. The molecular formula is C21H19FN6O. The fraction of sp³-hybridized carbons (Fsp3) is 0.190. The standard InChI is InChI=1S/C21H19FN6O/c22-16-3-1-15(2-4-16)18-5-6-19-24-14-21(28(19)26-18)25-17-7-8-23-20(13-17)27-9-11-29-12-10-27/h1-8,13-14H,9-12H2,(H,23,25). The molecule has 0 radical (unpaired) electrons. The molecule has 4 heterocycles. The third-order valence-electron chi connectivity index (χ3n) is 4.86. The van der Waals surface area contributed by atoms with Crippen LogP contribution in [0.25, 0.3) is 16.9 Å². The number of rotatable bonds is 4. The first-order valence-electron chi connectivity index (χ1n) is 9.43. The van der Waals surface area contributed by atoms with Gasteiger partial charge in [-0.25, -0.2) is 14.4 Å². The van der Waals surface area contributed by atoms with Gasteiger partial charge in [-0.15, -0.1) is 0 Å². The third kappa shape index (κ3) is 3.62. The summed E-state index contributed by atoms with van der Waals surface area (Å²) in [6.07, 6.45) is 3.53. The summed E-state index contributed by atoms with van der Waals surface area (Å²) in [5.74, 6) is 1.38. The number of anilines is 3. The highest BCUT2D eigenvalue weighted by atomic mass is 19.1. The third-order valence-corrected chi connectivity index (χ3v) is 4.86. The van der Waals surface area contributed by atoms with E-state index in [1.807, 2.05) is 24.3 Å². The van der Waals surface area contributed by atoms with Gasteiger partial charge in [0.05, 0.1) is 25.1 Å². The van der Waals surface area contributed by atoms with Gasteiger partial charge in [0, 0.05) is 36.6 Å². The minimum atomic E-state index is -0.270. The van der Waals surface area contributed by atoms with Crippen LogP contribution in [-0.2, 0) is 4.74 Å². The molecule has 1 N–H and O–H groups in total. The van der Waals surface area contributed by atoms with Gasteiger partial charge in [0.2, 0.25) is 0 Å². The SMILES string of the molecule is Fc1ccc(-c2ccc3ncc(Nc4ccnc(N5CCOCC5)c4)n3n2)cc1. The molecule has 0 bridgehead atoms. The van der Waals surface area contributed by atoms with Gasteiger partial charge >= 0.3 is 0 Å². The molecule has 0 saturated carbocycles. The lowest BCUT2D eigenvalue weighted by molar-refractivity contribution is 0.122. The predicted molar refractivity (Wildman–Crippen MR) is 109 cm³/mol. The summed E-state index contributed by atoms with van der Waals surface area (Å²) in [6, 6.07) is 14.0. The number of benzene rings is 1. The number of hydrogen-bond acceptors (Lipinski definition) is 6. The fourth-order valence-electron chi connectivity index (χ4n) is 3.34. The maximum atomic E-state index is 13.2. The summed E-state index contributed by atoms with van der Waals surface area (Å²) in [4.78, 5) is 11.1. The Hall–Kier alpha value is -3.52. The Balaban J connectivity index is 1.44. The average Bonchev–Trinajstić information content (AvgIpc) is 3.17. The Morgan fingerprint density at radius 1 is 0.966 bits per heavy atom. The van der Waals surface area contributed by atoms with Crippen molar-refractivity contribution >= 4 is 23.0 Å². The second-order valence-electron chi connectivity index (χ2n) is 6.77. The van der Waals surface area contributed by atoms with Gasteiger partial charge in [-0.1, -0.05) is 0 Å². The number of hydrogen-bond donors (Lipinski definition) is 1. The topological polar surface area (TPSA) is 67.6 Å². The van der Waals surface area contributed by atoms with Crippen molar-refractivity contribution in [2.75, 3.05) is 36.5 Å². The Morgan fingerprint density at radius 3 is 2.62 bits per heavy atom. The molecule has 8 heteroatoms. The summed E-state index contributed by atoms with van der Waals surface area (Å²) >= 11 is 0. The highest BCUT2D eigenvalue weighted by Crippen LogP contribution is 2.23. The van der Waals surface area contributed by atoms with Crippen LogP contribution in [0.15, 0.2) is 60.9 Å². The Bertz CT molecular complexity index is 1140. The highest BCUT2D eigenvalue weighted by molar-refractivity contribution is 5.65. The molecule has 0 aliphatic carbocycles. The van der Waals surface area contributed by atoms with Crippen molar-refractivity contribution in [2.24, 2.45) is 0 Å². The Labute approximate surface area is 166 Å².